The van der Waals surface area contributed by atoms with Crippen molar-refractivity contribution in [3.63, 3.8) is 0 Å². The van der Waals surface area contributed by atoms with Gasteiger partial charge >= 0.3 is 0 Å². The number of nitrogens with zero attached hydrogens (tertiary/aromatic N) is 3. The van der Waals surface area contributed by atoms with Gasteiger partial charge in [0, 0.05) is 13.0 Å². The standard InChI is InChI=1S/C17H17N3/c1-20-13-5-2-9(8-18)6-12(13)19-17(20)16-14-10-3-4-11(7-10)15(14)16/h2,5-6,10-11,14-16H,3-4,7H2,1H3. The zero-order valence-electron chi connectivity index (χ0n) is 11.6. The van der Waals surface area contributed by atoms with Gasteiger partial charge < -0.3 is 4.57 Å². The van der Waals surface area contributed by atoms with Gasteiger partial charge in [-0.1, -0.05) is 0 Å². The minimum Gasteiger partial charge on any atom is -0.331 e. The fourth-order valence-electron chi connectivity index (χ4n) is 5.26. The highest BCUT2D eigenvalue weighted by Crippen LogP contribution is 2.72. The van der Waals surface area contributed by atoms with Gasteiger partial charge in [0.05, 0.1) is 22.7 Å². The Hall–Kier alpha value is -1.82. The molecule has 5 rings (SSSR count). The summed E-state index contributed by atoms with van der Waals surface area (Å²) in [7, 11) is 2.13. The fourth-order valence-corrected chi connectivity index (χ4v) is 5.26. The Labute approximate surface area is 118 Å². The molecule has 1 aromatic carbocycles. The lowest BCUT2D eigenvalue weighted by molar-refractivity contribution is 0.456. The summed E-state index contributed by atoms with van der Waals surface area (Å²) in [5.74, 6) is 5.75. The monoisotopic (exact) mass is 263 g/mol. The second-order valence-electron chi connectivity index (χ2n) is 6.86. The summed E-state index contributed by atoms with van der Waals surface area (Å²) in [6, 6.07) is 8.06. The van der Waals surface area contributed by atoms with E-state index in [4.69, 9.17) is 10.2 Å². The smallest absolute Gasteiger partial charge is 0.113 e. The summed E-state index contributed by atoms with van der Waals surface area (Å²) in [5.41, 5.74) is 2.86. The molecule has 3 nitrogen and oxygen atoms in total. The molecule has 4 atom stereocenters. The van der Waals surface area contributed by atoms with Gasteiger partial charge in [-0.2, -0.15) is 5.26 Å². The van der Waals surface area contributed by atoms with E-state index < -0.39 is 0 Å². The maximum Gasteiger partial charge on any atom is 0.113 e. The molecule has 0 spiro atoms. The number of rotatable bonds is 1. The van der Waals surface area contributed by atoms with Crippen LogP contribution in [0.15, 0.2) is 18.2 Å². The number of aromatic nitrogens is 2. The van der Waals surface area contributed by atoms with E-state index in [2.05, 4.69) is 17.7 Å². The molecule has 3 heteroatoms. The van der Waals surface area contributed by atoms with Crippen LogP contribution in [0.25, 0.3) is 11.0 Å². The van der Waals surface area contributed by atoms with Crippen molar-refractivity contribution in [1.29, 1.82) is 5.26 Å². The molecular weight excluding hydrogens is 246 g/mol. The van der Waals surface area contributed by atoms with Crippen molar-refractivity contribution >= 4 is 11.0 Å². The number of nitriles is 1. The number of fused-ring (bicyclic) bond motifs is 6. The van der Waals surface area contributed by atoms with Crippen molar-refractivity contribution in [3.05, 3.63) is 29.6 Å². The van der Waals surface area contributed by atoms with Crippen molar-refractivity contribution in [3.8, 4) is 6.07 Å². The molecule has 100 valence electrons. The van der Waals surface area contributed by atoms with Gasteiger partial charge in [0.2, 0.25) is 0 Å². The normalized spacial score (nSPS) is 37.1. The quantitative estimate of drug-likeness (QED) is 0.792. The average molecular weight is 263 g/mol. The summed E-state index contributed by atoms with van der Waals surface area (Å²) < 4.78 is 2.26. The van der Waals surface area contributed by atoms with Gasteiger partial charge in [-0.25, -0.2) is 4.98 Å². The van der Waals surface area contributed by atoms with Crippen LogP contribution in [0, 0.1) is 35.0 Å². The van der Waals surface area contributed by atoms with E-state index in [0.717, 1.165) is 34.7 Å². The van der Waals surface area contributed by atoms with Gasteiger partial charge in [-0.05, 0) is 61.1 Å². The summed E-state index contributed by atoms with van der Waals surface area (Å²) in [6.07, 6.45) is 4.38. The lowest BCUT2D eigenvalue weighted by atomic mass is 10.0. The van der Waals surface area contributed by atoms with Crippen LogP contribution in [-0.4, -0.2) is 9.55 Å². The first-order valence-electron chi connectivity index (χ1n) is 7.64. The first kappa shape index (κ1) is 10.9. The zero-order valence-corrected chi connectivity index (χ0v) is 11.6. The predicted octanol–water partition coefficient (Wildman–Crippen LogP) is 3.20. The van der Waals surface area contributed by atoms with E-state index in [1.165, 1.54) is 25.1 Å². The summed E-state index contributed by atoms with van der Waals surface area (Å²) in [6.45, 7) is 0. The maximum absolute atomic E-state index is 9.02. The molecule has 3 aliphatic rings. The van der Waals surface area contributed by atoms with Crippen LogP contribution in [0.3, 0.4) is 0 Å². The molecule has 3 aliphatic carbocycles. The Balaban J connectivity index is 1.61. The third kappa shape index (κ3) is 1.18. The Kier molecular flexibility index (Phi) is 1.87. The van der Waals surface area contributed by atoms with Crippen molar-refractivity contribution < 1.29 is 0 Å². The molecule has 0 N–H and O–H groups in total. The molecule has 1 heterocycles. The molecule has 20 heavy (non-hydrogen) atoms. The lowest BCUT2D eigenvalue weighted by Crippen LogP contribution is -2.03. The third-order valence-corrected chi connectivity index (χ3v) is 6.08. The van der Waals surface area contributed by atoms with Crippen LogP contribution in [0.2, 0.25) is 0 Å². The number of hydrogen-bond donors (Lipinski definition) is 0. The molecule has 3 fully saturated rings. The minimum absolute atomic E-state index is 0.698. The minimum atomic E-state index is 0.698. The second-order valence-corrected chi connectivity index (χ2v) is 6.86. The molecule has 2 aromatic rings. The van der Waals surface area contributed by atoms with Gasteiger partial charge in [0.25, 0.3) is 0 Å². The van der Waals surface area contributed by atoms with Crippen LogP contribution in [-0.2, 0) is 7.05 Å². The van der Waals surface area contributed by atoms with Crippen LogP contribution in [0.4, 0.5) is 0 Å². The molecule has 0 radical (unpaired) electrons. The molecule has 1 aromatic heterocycles. The molecular formula is C17H17N3. The fraction of sp³-hybridized carbons (Fsp3) is 0.529. The SMILES string of the molecule is Cn1c(C2C3C4CCC(C4)C23)nc2cc(C#N)ccc21. The molecule has 0 saturated heterocycles. The Morgan fingerprint density at radius 3 is 2.70 bits per heavy atom. The van der Waals surface area contributed by atoms with Gasteiger partial charge in [0.1, 0.15) is 5.82 Å². The van der Waals surface area contributed by atoms with Gasteiger partial charge in [-0.3, -0.25) is 0 Å². The van der Waals surface area contributed by atoms with Crippen molar-refractivity contribution in [2.45, 2.75) is 25.2 Å². The highest BCUT2D eigenvalue weighted by molar-refractivity contribution is 5.78. The van der Waals surface area contributed by atoms with Crippen LogP contribution in [0.1, 0.15) is 36.6 Å². The van der Waals surface area contributed by atoms with E-state index in [1.807, 2.05) is 18.2 Å². The zero-order chi connectivity index (χ0) is 13.4. The van der Waals surface area contributed by atoms with Crippen LogP contribution in [0.5, 0.6) is 0 Å². The number of benzene rings is 1. The second kappa shape index (κ2) is 3.44. The van der Waals surface area contributed by atoms with E-state index in [0.29, 0.717) is 11.5 Å². The highest BCUT2D eigenvalue weighted by atomic mass is 15.1. The number of imidazole rings is 1. The summed E-state index contributed by atoms with van der Waals surface area (Å²) in [5, 5.41) is 9.02. The first-order chi connectivity index (χ1) is 9.78. The van der Waals surface area contributed by atoms with E-state index in [1.54, 1.807) is 0 Å². The van der Waals surface area contributed by atoms with Crippen molar-refractivity contribution in [2.24, 2.45) is 30.7 Å². The van der Waals surface area contributed by atoms with Crippen LogP contribution < -0.4 is 0 Å². The molecule has 0 amide bonds. The van der Waals surface area contributed by atoms with E-state index in [9.17, 15) is 0 Å². The summed E-state index contributed by atoms with van der Waals surface area (Å²) in [4.78, 5) is 4.87. The number of aryl methyl sites for hydroxylation is 1. The molecule has 0 aliphatic heterocycles. The maximum atomic E-state index is 9.02. The van der Waals surface area contributed by atoms with E-state index in [-0.39, 0.29) is 0 Å². The predicted molar refractivity (Wildman–Crippen MR) is 76.0 cm³/mol. The first-order valence-corrected chi connectivity index (χ1v) is 7.64. The largest absolute Gasteiger partial charge is 0.331 e. The Morgan fingerprint density at radius 1 is 1.25 bits per heavy atom. The van der Waals surface area contributed by atoms with Crippen molar-refractivity contribution in [1.82, 2.24) is 9.55 Å². The molecule has 2 bridgehead atoms. The number of hydrogen-bond acceptors (Lipinski definition) is 2. The Morgan fingerprint density at radius 2 is 2.00 bits per heavy atom. The lowest BCUT2D eigenvalue weighted by Gasteiger charge is -2.08. The Bertz CT molecular complexity index is 750. The molecule has 4 unspecified atom stereocenters. The topological polar surface area (TPSA) is 41.6 Å². The van der Waals surface area contributed by atoms with E-state index >= 15 is 0 Å². The highest BCUT2D eigenvalue weighted by Gasteiger charge is 2.66. The average Bonchev–Trinajstić information content (AvgIpc) is 2.80. The third-order valence-electron chi connectivity index (χ3n) is 6.08. The summed E-state index contributed by atoms with van der Waals surface area (Å²) >= 11 is 0. The molecule has 3 saturated carbocycles. The van der Waals surface area contributed by atoms with Gasteiger partial charge in [0.15, 0.2) is 0 Å². The van der Waals surface area contributed by atoms with Crippen molar-refractivity contribution in [2.75, 3.05) is 0 Å². The van der Waals surface area contributed by atoms with Crippen LogP contribution >= 0.6 is 0 Å². The van der Waals surface area contributed by atoms with Gasteiger partial charge in [-0.15, -0.1) is 0 Å².